The number of amides is 1. The Morgan fingerprint density at radius 1 is 1.19 bits per heavy atom. The van der Waals surface area contributed by atoms with Gasteiger partial charge in [-0.3, -0.25) is 4.79 Å². The summed E-state index contributed by atoms with van der Waals surface area (Å²) in [5.41, 5.74) is 4.27. The zero-order chi connectivity index (χ0) is 25.7. The van der Waals surface area contributed by atoms with Crippen LogP contribution in [0.5, 0.6) is 0 Å². The standard InChI is InChI=1S/C27H33N5O4/c1-5-17(2)30-19-14-21-24(31-23(33)11-13-35-3)25(27(34)36-4)32(26(21)29-16-19)12-10-18-15-28-22-9-7-6-8-20(18)22/h6-9,14-17,28,30H,5,10-13H2,1-4H3,(H,31,33). The van der Waals surface area contributed by atoms with Crippen LogP contribution in [0.1, 0.15) is 42.7 Å². The Morgan fingerprint density at radius 3 is 2.75 bits per heavy atom. The van der Waals surface area contributed by atoms with Crippen LogP contribution in [0.3, 0.4) is 0 Å². The number of esters is 1. The van der Waals surface area contributed by atoms with Crippen molar-refractivity contribution >= 4 is 45.2 Å². The molecule has 1 amide bonds. The molecule has 190 valence electrons. The van der Waals surface area contributed by atoms with Gasteiger partial charge in [0.25, 0.3) is 0 Å². The number of rotatable bonds is 11. The molecule has 36 heavy (non-hydrogen) atoms. The number of nitrogens with zero attached hydrogens (tertiary/aromatic N) is 2. The molecular weight excluding hydrogens is 458 g/mol. The van der Waals surface area contributed by atoms with Crippen molar-refractivity contribution in [1.29, 1.82) is 0 Å². The Hall–Kier alpha value is -3.85. The number of aromatic nitrogens is 3. The van der Waals surface area contributed by atoms with Gasteiger partial charge in [0.15, 0.2) is 5.69 Å². The molecule has 0 aliphatic carbocycles. The van der Waals surface area contributed by atoms with Crippen LogP contribution in [0.25, 0.3) is 21.9 Å². The third-order valence-electron chi connectivity index (χ3n) is 6.38. The minimum absolute atomic E-state index is 0.164. The molecule has 3 aromatic heterocycles. The number of aryl methyl sites for hydroxylation is 2. The summed E-state index contributed by atoms with van der Waals surface area (Å²) in [6, 6.07) is 10.3. The first-order valence-electron chi connectivity index (χ1n) is 12.2. The number of methoxy groups -OCH3 is 2. The third kappa shape index (κ3) is 5.21. The predicted molar refractivity (Wildman–Crippen MR) is 142 cm³/mol. The van der Waals surface area contributed by atoms with Gasteiger partial charge in [-0.15, -0.1) is 0 Å². The van der Waals surface area contributed by atoms with Crippen LogP contribution in [0.2, 0.25) is 0 Å². The van der Waals surface area contributed by atoms with Crippen molar-refractivity contribution in [3.05, 3.63) is 54.0 Å². The Labute approximate surface area is 210 Å². The summed E-state index contributed by atoms with van der Waals surface area (Å²) in [5.74, 6) is -0.789. The molecule has 4 aromatic rings. The number of fused-ring (bicyclic) bond motifs is 2. The molecule has 3 N–H and O–H groups in total. The molecule has 9 heteroatoms. The highest BCUT2D eigenvalue weighted by molar-refractivity contribution is 6.11. The van der Waals surface area contributed by atoms with E-state index in [4.69, 9.17) is 14.5 Å². The van der Waals surface area contributed by atoms with Crippen LogP contribution in [-0.2, 0) is 27.2 Å². The van der Waals surface area contributed by atoms with Crippen molar-refractivity contribution in [1.82, 2.24) is 14.5 Å². The summed E-state index contributed by atoms with van der Waals surface area (Å²) >= 11 is 0. The lowest BCUT2D eigenvalue weighted by molar-refractivity contribution is -0.117. The number of anilines is 2. The predicted octanol–water partition coefficient (Wildman–Crippen LogP) is 4.73. The second-order valence-electron chi connectivity index (χ2n) is 8.82. The number of hydrogen-bond acceptors (Lipinski definition) is 6. The van der Waals surface area contributed by atoms with E-state index in [1.165, 1.54) is 7.11 Å². The van der Waals surface area contributed by atoms with Gasteiger partial charge in [0.1, 0.15) is 5.65 Å². The molecule has 1 unspecified atom stereocenters. The summed E-state index contributed by atoms with van der Waals surface area (Å²) in [6.45, 7) is 4.94. The van der Waals surface area contributed by atoms with Crippen LogP contribution in [0.4, 0.5) is 11.4 Å². The highest BCUT2D eigenvalue weighted by Crippen LogP contribution is 2.33. The molecule has 1 aromatic carbocycles. The van der Waals surface area contributed by atoms with Gasteiger partial charge in [-0.2, -0.15) is 0 Å². The maximum absolute atomic E-state index is 13.0. The SMILES string of the molecule is CCC(C)Nc1cnc2c(c1)c(NC(=O)CCOC)c(C(=O)OC)n2CCc1c[nH]c2ccccc12. The molecular formula is C27H33N5O4. The highest BCUT2D eigenvalue weighted by atomic mass is 16.5. The van der Waals surface area contributed by atoms with Crippen LogP contribution in [0.15, 0.2) is 42.7 Å². The number of pyridine rings is 1. The molecule has 0 spiro atoms. The number of hydrogen-bond donors (Lipinski definition) is 3. The van der Waals surface area contributed by atoms with E-state index < -0.39 is 5.97 Å². The first kappa shape index (κ1) is 25.2. The highest BCUT2D eigenvalue weighted by Gasteiger charge is 2.26. The fraction of sp³-hybridized carbons (Fsp3) is 0.370. The fourth-order valence-corrected chi connectivity index (χ4v) is 4.31. The monoisotopic (exact) mass is 491 g/mol. The van der Waals surface area contributed by atoms with E-state index in [2.05, 4.69) is 35.5 Å². The lowest BCUT2D eigenvalue weighted by Gasteiger charge is -2.13. The Morgan fingerprint density at radius 2 is 2.00 bits per heavy atom. The number of carbonyl (C=O) groups is 2. The van der Waals surface area contributed by atoms with Crippen LogP contribution in [-0.4, -0.2) is 53.3 Å². The van der Waals surface area contributed by atoms with Gasteiger partial charge in [0, 0.05) is 42.2 Å². The van der Waals surface area contributed by atoms with E-state index in [-0.39, 0.29) is 30.7 Å². The van der Waals surface area contributed by atoms with Gasteiger partial charge in [0.2, 0.25) is 5.91 Å². The number of nitrogens with one attached hydrogen (secondary N) is 3. The number of para-hydroxylation sites is 1. The summed E-state index contributed by atoms with van der Waals surface area (Å²) in [5, 5.41) is 8.16. The molecule has 0 bridgehead atoms. The number of H-pyrrole nitrogens is 1. The molecule has 9 nitrogen and oxygen atoms in total. The van der Waals surface area contributed by atoms with Gasteiger partial charge in [0.05, 0.1) is 37.7 Å². The summed E-state index contributed by atoms with van der Waals surface area (Å²) in [6.07, 6.45) is 5.51. The van der Waals surface area contributed by atoms with Gasteiger partial charge in [-0.05, 0) is 37.5 Å². The molecule has 0 saturated carbocycles. The third-order valence-corrected chi connectivity index (χ3v) is 6.38. The van der Waals surface area contributed by atoms with Gasteiger partial charge in [-0.1, -0.05) is 25.1 Å². The van der Waals surface area contributed by atoms with Crippen molar-refractivity contribution in [2.75, 3.05) is 31.5 Å². The average molecular weight is 492 g/mol. The van der Waals surface area contributed by atoms with Gasteiger partial charge < -0.3 is 29.7 Å². The Kier molecular flexibility index (Phi) is 7.90. The molecule has 0 saturated heterocycles. The second-order valence-corrected chi connectivity index (χ2v) is 8.82. The van der Waals surface area contributed by atoms with E-state index in [1.807, 2.05) is 35.0 Å². The smallest absolute Gasteiger partial charge is 0.356 e. The minimum Gasteiger partial charge on any atom is -0.464 e. The Balaban J connectivity index is 1.80. The number of carbonyl (C=O) groups excluding carboxylic acids is 2. The van der Waals surface area contributed by atoms with Crippen molar-refractivity contribution in [3.8, 4) is 0 Å². The average Bonchev–Trinajstić information content (AvgIpc) is 3.44. The topological polar surface area (TPSA) is 110 Å². The lowest BCUT2D eigenvalue weighted by atomic mass is 10.1. The first-order valence-corrected chi connectivity index (χ1v) is 12.2. The quantitative estimate of drug-likeness (QED) is 0.262. The number of aromatic amines is 1. The maximum Gasteiger partial charge on any atom is 0.356 e. The zero-order valence-corrected chi connectivity index (χ0v) is 21.2. The van der Waals surface area contributed by atoms with Crippen LogP contribution >= 0.6 is 0 Å². The van der Waals surface area contributed by atoms with E-state index in [1.54, 1.807) is 13.3 Å². The summed E-state index contributed by atoms with van der Waals surface area (Å²) in [4.78, 5) is 33.7. The van der Waals surface area contributed by atoms with Crippen molar-refractivity contribution in [2.45, 2.75) is 45.7 Å². The maximum atomic E-state index is 13.0. The molecule has 0 aliphatic heterocycles. The number of ether oxygens (including phenoxy) is 2. The normalized spacial score (nSPS) is 12.1. The molecule has 3 heterocycles. The summed E-state index contributed by atoms with van der Waals surface area (Å²) < 4.78 is 12.0. The fourth-order valence-electron chi connectivity index (χ4n) is 4.31. The van der Waals surface area contributed by atoms with Crippen molar-refractivity contribution in [2.24, 2.45) is 0 Å². The van der Waals surface area contributed by atoms with Crippen molar-refractivity contribution in [3.63, 3.8) is 0 Å². The van der Waals surface area contributed by atoms with E-state index >= 15 is 0 Å². The Bertz CT molecular complexity index is 1370. The van der Waals surface area contributed by atoms with Crippen LogP contribution < -0.4 is 10.6 Å². The van der Waals surface area contributed by atoms with E-state index in [0.29, 0.717) is 29.7 Å². The van der Waals surface area contributed by atoms with Gasteiger partial charge in [-0.25, -0.2) is 9.78 Å². The van der Waals surface area contributed by atoms with Crippen molar-refractivity contribution < 1.29 is 19.1 Å². The number of benzene rings is 1. The lowest BCUT2D eigenvalue weighted by Crippen LogP contribution is -2.18. The van der Waals surface area contributed by atoms with E-state index in [9.17, 15) is 9.59 Å². The molecule has 0 fully saturated rings. The largest absolute Gasteiger partial charge is 0.464 e. The summed E-state index contributed by atoms with van der Waals surface area (Å²) in [7, 11) is 2.88. The molecule has 4 rings (SSSR count). The van der Waals surface area contributed by atoms with Crippen LogP contribution in [0, 0.1) is 0 Å². The molecule has 0 radical (unpaired) electrons. The van der Waals surface area contributed by atoms with E-state index in [0.717, 1.165) is 28.6 Å². The van der Waals surface area contributed by atoms with Gasteiger partial charge >= 0.3 is 5.97 Å². The molecule has 1 atom stereocenters. The second kappa shape index (κ2) is 11.3. The molecule has 0 aliphatic rings. The minimum atomic E-state index is -0.537. The first-order chi connectivity index (χ1) is 17.5. The zero-order valence-electron chi connectivity index (χ0n) is 21.2.